The lowest BCUT2D eigenvalue weighted by Gasteiger charge is -2.27. The van der Waals surface area contributed by atoms with Gasteiger partial charge in [-0.05, 0) is 12.8 Å². The molecule has 4 nitrogen and oxygen atoms in total. The first-order valence-corrected chi connectivity index (χ1v) is 6.90. The molecule has 2 saturated heterocycles. The van der Waals surface area contributed by atoms with Gasteiger partial charge in [0, 0.05) is 13.2 Å². The Hall–Kier alpha value is -0.160. The number of hydrogen-bond donors (Lipinski definition) is 1. The fraction of sp³-hybridized carbons (Fsp3) is 1.00. The second kappa shape index (κ2) is 5.22. The molecule has 0 aromatic carbocycles. The average Bonchev–Trinajstić information content (AvgIpc) is 2.93. The zero-order chi connectivity index (χ0) is 11.7. The molecule has 1 aliphatic carbocycles. The Kier molecular flexibility index (Phi) is 3.66. The van der Waals surface area contributed by atoms with Crippen molar-refractivity contribution in [2.24, 2.45) is 0 Å². The third kappa shape index (κ3) is 2.36. The second-order valence-corrected chi connectivity index (χ2v) is 5.48. The van der Waals surface area contributed by atoms with Gasteiger partial charge < -0.3 is 19.5 Å². The maximum atomic E-state index is 5.82. The fourth-order valence-corrected chi connectivity index (χ4v) is 3.38. The Morgan fingerprint density at radius 2 is 1.76 bits per heavy atom. The van der Waals surface area contributed by atoms with Crippen LogP contribution in [0.2, 0.25) is 0 Å². The predicted octanol–water partition coefficient (Wildman–Crippen LogP) is 1.09. The van der Waals surface area contributed by atoms with Crippen molar-refractivity contribution < 1.29 is 14.2 Å². The van der Waals surface area contributed by atoms with E-state index in [4.69, 9.17) is 14.2 Å². The molecule has 3 fully saturated rings. The van der Waals surface area contributed by atoms with Crippen LogP contribution in [0.1, 0.15) is 32.1 Å². The van der Waals surface area contributed by atoms with E-state index in [9.17, 15) is 0 Å². The number of nitrogens with one attached hydrogen (secondary N) is 1. The van der Waals surface area contributed by atoms with Crippen LogP contribution >= 0.6 is 0 Å². The summed E-state index contributed by atoms with van der Waals surface area (Å²) in [5.41, 5.74) is 0. The summed E-state index contributed by atoms with van der Waals surface area (Å²) in [6.45, 7) is 1.44. The summed E-state index contributed by atoms with van der Waals surface area (Å²) in [7, 11) is 1.74. The molecule has 0 amide bonds. The molecule has 17 heavy (non-hydrogen) atoms. The number of hydrogen-bond acceptors (Lipinski definition) is 4. The van der Waals surface area contributed by atoms with Crippen molar-refractivity contribution in [1.82, 2.24) is 5.32 Å². The van der Waals surface area contributed by atoms with E-state index in [0.29, 0.717) is 18.7 Å². The van der Waals surface area contributed by atoms with Gasteiger partial charge in [-0.25, -0.2) is 0 Å². The minimum Gasteiger partial charge on any atom is -0.376 e. The van der Waals surface area contributed by atoms with Crippen molar-refractivity contribution >= 4 is 0 Å². The van der Waals surface area contributed by atoms with Gasteiger partial charge in [-0.1, -0.05) is 19.3 Å². The molecule has 0 aromatic heterocycles. The van der Waals surface area contributed by atoms with Crippen LogP contribution in [0.4, 0.5) is 0 Å². The van der Waals surface area contributed by atoms with Crippen LogP contribution in [-0.4, -0.2) is 50.7 Å². The highest BCUT2D eigenvalue weighted by Crippen LogP contribution is 2.29. The van der Waals surface area contributed by atoms with Crippen LogP contribution in [0, 0.1) is 0 Å². The lowest BCUT2D eigenvalue weighted by atomic mass is 9.94. The Balaban J connectivity index is 1.55. The Labute approximate surface area is 103 Å². The van der Waals surface area contributed by atoms with E-state index in [1.807, 2.05) is 0 Å². The highest BCUT2D eigenvalue weighted by atomic mass is 16.6. The van der Waals surface area contributed by atoms with Gasteiger partial charge in [0.1, 0.15) is 18.3 Å². The Morgan fingerprint density at radius 1 is 1.00 bits per heavy atom. The van der Waals surface area contributed by atoms with Gasteiger partial charge in [-0.3, -0.25) is 0 Å². The molecular weight excluding hydrogens is 218 g/mol. The summed E-state index contributed by atoms with van der Waals surface area (Å²) < 4.78 is 17.0. The SMILES string of the molecule is CO[C@@H]1COC2C1OC[C@H]2NC1CCCCC1. The van der Waals surface area contributed by atoms with Crippen LogP contribution in [0.3, 0.4) is 0 Å². The third-order valence-corrected chi connectivity index (χ3v) is 4.37. The van der Waals surface area contributed by atoms with Gasteiger partial charge in [0.05, 0.1) is 19.3 Å². The molecule has 1 saturated carbocycles. The van der Waals surface area contributed by atoms with Crippen molar-refractivity contribution in [3.05, 3.63) is 0 Å². The zero-order valence-corrected chi connectivity index (χ0v) is 10.6. The van der Waals surface area contributed by atoms with Gasteiger partial charge in [-0.15, -0.1) is 0 Å². The van der Waals surface area contributed by atoms with Gasteiger partial charge in [-0.2, -0.15) is 0 Å². The van der Waals surface area contributed by atoms with Crippen LogP contribution in [0.25, 0.3) is 0 Å². The average molecular weight is 241 g/mol. The Morgan fingerprint density at radius 3 is 2.53 bits per heavy atom. The molecule has 4 heteroatoms. The molecule has 2 unspecified atom stereocenters. The summed E-state index contributed by atoms with van der Waals surface area (Å²) in [6.07, 6.45) is 7.19. The molecule has 0 radical (unpaired) electrons. The molecular formula is C13H23NO3. The molecule has 2 heterocycles. The van der Waals surface area contributed by atoms with Crippen molar-refractivity contribution in [2.45, 2.75) is 62.5 Å². The lowest BCUT2D eigenvalue weighted by Crippen LogP contribution is -2.46. The van der Waals surface area contributed by atoms with Crippen molar-refractivity contribution in [1.29, 1.82) is 0 Å². The van der Waals surface area contributed by atoms with E-state index >= 15 is 0 Å². The van der Waals surface area contributed by atoms with E-state index in [0.717, 1.165) is 6.61 Å². The van der Waals surface area contributed by atoms with E-state index in [1.165, 1.54) is 32.1 Å². The normalized spacial score (nSPS) is 42.9. The smallest absolute Gasteiger partial charge is 0.114 e. The largest absolute Gasteiger partial charge is 0.376 e. The first-order valence-electron chi connectivity index (χ1n) is 6.90. The van der Waals surface area contributed by atoms with Gasteiger partial charge in [0.25, 0.3) is 0 Å². The number of rotatable bonds is 3. The van der Waals surface area contributed by atoms with Gasteiger partial charge in [0.2, 0.25) is 0 Å². The quantitative estimate of drug-likeness (QED) is 0.803. The van der Waals surface area contributed by atoms with E-state index < -0.39 is 0 Å². The molecule has 1 N–H and O–H groups in total. The standard InChI is InChI=1S/C13H23NO3/c1-15-11-8-17-12-10(7-16-13(11)12)14-9-5-3-2-4-6-9/h9-14H,2-8H2,1H3/t10-,11-,12?,13?/m1/s1. The highest BCUT2D eigenvalue weighted by Gasteiger charge is 2.48. The third-order valence-electron chi connectivity index (χ3n) is 4.37. The van der Waals surface area contributed by atoms with E-state index in [-0.39, 0.29) is 18.3 Å². The topological polar surface area (TPSA) is 39.7 Å². The van der Waals surface area contributed by atoms with Crippen molar-refractivity contribution in [3.8, 4) is 0 Å². The second-order valence-electron chi connectivity index (χ2n) is 5.48. The molecule has 0 aromatic rings. The van der Waals surface area contributed by atoms with Crippen molar-refractivity contribution in [3.63, 3.8) is 0 Å². The number of fused-ring (bicyclic) bond motifs is 1. The molecule has 0 bridgehead atoms. The minimum absolute atomic E-state index is 0.123. The maximum Gasteiger partial charge on any atom is 0.114 e. The summed E-state index contributed by atoms with van der Waals surface area (Å²) >= 11 is 0. The fourth-order valence-electron chi connectivity index (χ4n) is 3.38. The van der Waals surface area contributed by atoms with Gasteiger partial charge in [0.15, 0.2) is 0 Å². The number of ether oxygens (including phenoxy) is 3. The van der Waals surface area contributed by atoms with Crippen LogP contribution < -0.4 is 5.32 Å². The van der Waals surface area contributed by atoms with Crippen LogP contribution in [0.5, 0.6) is 0 Å². The van der Waals surface area contributed by atoms with E-state index in [1.54, 1.807) is 7.11 Å². The van der Waals surface area contributed by atoms with Crippen LogP contribution in [-0.2, 0) is 14.2 Å². The number of methoxy groups -OCH3 is 1. The molecule has 98 valence electrons. The lowest BCUT2D eigenvalue weighted by molar-refractivity contribution is -0.00844. The van der Waals surface area contributed by atoms with Gasteiger partial charge >= 0.3 is 0 Å². The Bertz CT molecular complexity index is 255. The summed E-state index contributed by atoms with van der Waals surface area (Å²) in [4.78, 5) is 0. The molecule has 4 atom stereocenters. The highest BCUT2D eigenvalue weighted by molar-refractivity contribution is 4.99. The maximum absolute atomic E-state index is 5.82. The monoisotopic (exact) mass is 241 g/mol. The summed E-state index contributed by atoms with van der Waals surface area (Å²) in [5, 5.41) is 3.73. The summed E-state index contributed by atoms with van der Waals surface area (Å²) in [6, 6.07) is 1.03. The molecule has 0 spiro atoms. The minimum atomic E-state index is 0.123. The van der Waals surface area contributed by atoms with Crippen molar-refractivity contribution in [2.75, 3.05) is 20.3 Å². The zero-order valence-electron chi connectivity index (χ0n) is 10.6. The molecule has 3 aliphatic rings. The first kappa shape index (κ1) is 11.9. The van der Waals surface area contributed by atoms with Crippen LogP contribution in [0.15, 0.2) is 0 Å². The molecule has 3 rings (SSSR count). The van der Waals surface area contributed by atoms with E-state index in [2.05, 4.69) is 5.32 Å². The predicted molar refractivity (Wildman–Crippen MR) is 64.1 cm³/mol. The summed E-state index contributed by atoms with van der Waals surface area (Å²) in [5.74, 6) is 0. The molecule has 2 aliphatic heterocycles. The first-order chi connectivity index (χ1) is 8.38.